The second-order valence-corrected chi connectivity index (χ2v) is 4.41. The predicted octanol–water partition coefficient (Wildman–Crippen LogP) is 2.00. The first-order chi connectivity index (χ1) is 8.24. The zero-order valence-corrected chi connectivity index (χ0v) is 10.4. The first kappa shape index (κ1) is 12.0. The van der Waals surface area contributed by atoms with E-state index in [9.17, 15) is 0 Å². The molecule has 2 rings (SSSR count). The lowest BCUT2D eigenvalue weighted by Crippen LogP contribution is -2.35. The van der Waals surface area contributed by atoms with Crippen molar-refractivity contribution in [3.8, 4) is 11.5 Å². The SMILES string of the molecule is COc1ccc(N[C@H]2CCC[C@@H]2N)c(OC)c1. The molecule has 0 spiro atoms. The molecule has 1 aliphatic rings. The van der Waals surface area contributed by atoms with Crippen molar-refractivity contribution in [2.75, 3.05) is 19.5 Å². The molecule has 0 radical (unpaired) electrons. The average Bonchev–Trinajstić information content (AvgIpc) is 2.75. The van der Waals surface area contributed by atoms with Gasteiger partial charge in [-0.05, 0) is 31.4 Å². The zero-order chi connectivity index (χ0) is 12.3. The van der Waals surface area contributed by atoms with Gasteiger partial charge in [0.25, 0.3) is 0 Å². The fourth-order valence-electron chi connectivity index (χ4n) is 2.29. The number of hydrogen-bond donors (Lipinski definition) is 2. The highest BCUT2D eigenvalue weighted by atomic mass is 16.5. The van der Waals surface area contributed by atoms with Crippen LogP contribution in [0.4, 0.5) is 5.69 Å². The van der Waals surface area contributed by atoms with Crippen LogP contribution in [0.1, 0.15) is 19.3 Å². The molecule has 2 atom stereocenters. The van der Waals surface area contributed by atoms with Gasteiger partial charge in [-0.2, -0.15) is 0 Å². The van der Waals surface area contributed by atoms with Gasteiger partial charge >= 0.3 is 0 Å². The van der Waals surface area contributed by atoms with E-state index in [1.54, 1.807) is 14.2 Å². The lowest BCUT2D eigenvalue weighted by Gasteiger charge is -2.20. The fourth-order valence-corrected chi connectivity index (χ4v) is 2.29. The number of rotatable bonds is 4. The quantitative estimate of drug-likeness (QED) is 0.839. The smallest absolute Gasteiger partial charge is 0.145 e. The normalized spacial score (nSPS) is 23.5. The Morgan fingerprint density at radius 1 is 1.24 bits per heavy atom. The molecule has 1 aliphatic carbocycles. The minimum absolute atomic E-state index is 0.238. The number of benzene rings is 1. The van der Waals surface area contributed by atoms with Gasteiger partial charge in [0, 0.05) is 18.2 Å². The van der Waals surface area contributed by atoms with E-state index in [4.69, 9.17) is 15.2 Å². The second-order valence-electron chi connectivity index (χ2n) is 4.41. The molecule has 0 saturated heterocycles. The van der Waals surface area contributed by atoms with E-state index >= 15 is 0 Å². The molecule has 0 aliphatic heterocycles. The maximum atomic E-state index is 6.05. The largest absolute Gasteiger partial charge is 0.497 e. The number of ether oxygens (including phenoxy) is 2. The summed E-state index contributed by atoms with van der Waals surface area (Å²) in [5, 5.41) is 3.46. The molecule has 17 heavy (non-hydrogen) atoms. The third-order valence-corrected chi connectivity index (χ3v) is 3.32. The van der Waals surface area contributed by atoms with Crippen LogP contribution >= 0.6 is 0 Å². The molecule has 0 heterocycles. The van der Waals surface area contributed by atoms with Crippen LogP contribution in [0.3, 0.4) is 0 Å². The van der Waals surface area contributed by atoms with Crippen molar-refractivity contribution in [1.29, 1.82) is 0 Å². The van der Waals surface area contributed by atoms with Gasteiger partial charge in [-0.3, -0.25) is 0 Å². The van der Waals surface area contributed by atoms with Gasteiger partial charge in [0.15, 0.2) is 0 Å². The van der Waals surface area contributed by atoms with E-state index in [0.29, 0.717) is 6.04 Å². The third kappa shape index (κ3) is 2.64. The lowest BCUT2D eigenvalue weighted by molar-refractivity contribution is 0.395. The Morgan fingerprint density at radius 3 is 2.65 bits per heavy atom. The van der Waals surface area contributed by atoms with Crippen molar-refractivity contribution in [3.63, 3.8) is 0 Å². The topological polar surface area (TPSA) is 56.5 Å². The molecule has 0 unspecified atom stereocenters. The molecule has 1 saturated carbocycles. The van der Waals surface area contributed by atoms with Gasteiger partial charge in [0.1, 0.15) is 11.5 Å². The van der Waals surface area contributed by atoms with Crippen molar-refractivity contribution in [2.24, 2.45) is 5.73 Å². The standard InChI is InChI=1S/C13H20N2O2/c1-16-9-6-7-12(13(8-9)17-2)15-11-5-3-4-10(11)14/h6-8,10-11,15H,3-5,14H2,1-2H3/t10-,11-/m0/s1. The van der Waals surface area contributed by atoms with Crippen LogP contribution < -0.4 is 20.5 Å². The Bertz CT molecular complexity index is 382. The molecule has 0 aromatic heterocycles. The Labute approximate surface area is 102 Å². The number of nitrogens with two attached hydrogens (primary N) is 1. The molecule has 0 amide bonds. The summed E-state index contributed by atoms with van der Waals surface area (Å²) in [6.45, 7) is 0. The van der Waals surface area contributed by atoms with Crippen LogP contribution in [-0.2, 0) is 0 Å². The van der Waals surface area contributed by atoms with Gasteiger partial charge in [0.05, 0.1) is 19.9 Å². The Morgan fingerprint density at radius 2 is 2.06 bits per heavy atom. The zero-order valence-electron chi connectivity index (χ0n) is 10.4. The van der Waals surface area contributed by atoms with Gasteiger partial charge < -0.3 is 20.5 Å². The molecule has 94 valence electrons. The maximum Gasteiger partial charge on any atom is 0.145 e. The van der Waals surface area contributed by atoms with Crippen LogP contribution in [0.15, 0.2) is 18.2 Å². The molecule has 3 N–H and O–H groups in total. The first-order valence-corrected chi connectivity index (χ1v) is 5.98. The number of methoxy groups -OCH3 is 2. The fraction of sp³-hybridized carbons (Fsp3) is 0.538. The Kier molecular flexibility index (Phi) is 3.74. The van der Waals surface area contributed by atoms with E-state index in [2.05, 4.69) is 5.32 Å². The second kappa shape index (κ2) is 5.27. The molecular weight excluding hydrogens is 216 g/mol. The molecule has 1 aromatic carbocycles. The summed E-state index contributed by atoms with van der Waals surface area (Å²) in [4.78, 5) is 0. The summed E-state index contributed by atoms with van der Waals surface area (Å²) in [5.74, 6) is 1.59. The van der Waals surface area contributed by atoms with Crippen molar-refractivity contribution in [2.45, 2.75) is 31.3 Å². The molecule has 4 nitrogen and oxygen atoms in total. The highest BCUT2D eigenvalue weighted by Gasteiger charge is 2.24. The summed E-state index contributed by atoms with van der Waals surface area (Å²) < 4.78 is 10.5. The van der Waals surface area contributed by atoms with Crippen LogP contribution in [-0.4, -0.2) is 26.3 Å². The summed E-state index contributed by atoms with van der Waals surface area (Å²) in [5.41, 5.74) is 7.03. The van der Waals surface area contributed by atoms with Crippen molar-refractivity contribution < 1.29 is 9.47 Å². The Balaban J connectivity index is 2.14. The minimum atomic E-state index is 0.238. The molecule has 1 fully saturated rings. The predicted molar refractivity (Wildman–Crippen MR) is 68.8 cm³/mol. The highest BCUT2D eigenvalue weighted by molar-refractivity contribution is 5.59. The van der Waals surface area contributed by atoms with E-state index in [1.165, 1.54) is 6.42 Å². The maximum absolute atomic E-state index is 6.05. The molecule has 4 heteroatoms. The van der Waals surface area contributed by atoms with Gasteiger partial charge in [-0.15, -0.1) is 0 Å². The van der Waals surface area contributed by atoms with Crippen molar-refractivity contribution in [1.82, 2.24) is 0 Å². The number of nitrogens with one attached hydrogen (secondary N) is 1. The van der Waals surface area contributed by atoms with E-state index in [-0.39, 0.29) is 6.04 Å². The van der Waals surface area contributed by atoms with Crippen molar-refractivity contribution in [3.05, 3.63) is 18.2 Å². The highest BCUT2D eigenvalue weighted by Crippen LogP contribution is 2.31. The minimum Gasteiger partial charge on any atom is -0.497 e. The molecule has 0 bridgehead atoms. The van der Waals surface area contributed by atoms with E-state index in [1.807, 2.05) is 18.2 Å². The lowest BCUT2D eigenvalue weighted by atomic mass is 10.1. The van der Waals surface area contributed by atoms with Crippen LogP contribution in [0, 0.1) is 0 Å². The third-order valence-electron chi connectivity index (χ3n) is 3.32. The summed E-state index contributed by atoms with van der Waals surface area (Å²) in [6, 6.07) is 6.36. The van der Waals surface area contributed by atoms with Crippen LogP contribution in [0.25, 0.3) is 0 Å². The summed E-state index contributed by atoms with van der Waals surface area (Å²) in [7, 11) is 3.31. The first-order valence-electron chi connectivity index (χ1n) is 5.98. The Hall–Kier alpha value is -1.42. The number of anilines is 1. The van der Waals surface area contributed by atoms with Gasteiger partial charge in [-0.1, -0.05) is 0 Å². The monoisotopic (exact) mass is 236 g/mol. The van der Waals surface area contributed by atoms with Crippen LogP contribution in [0.5, 0.6) is 11.5 Å². The summed E-state index contributed by atoms with van der Waals surface area (Å²) in [6.07, 6.45) is 3.41. The van der Waals surface area contributed by atoms with Crippen molar-refractivity contribution >= 4 is 5.69 Å². The average molecular weight is 236 g/mol. The van der Waals surface area contributed by atoms with Gasteiger partial charge in [-0.25, -0.2) is 0 Å². The molecular formula is C13H20N2O2. The number of hydrogen-bond acceptors (Lipinski definition) is 4. The van der Waals surface area contributed by atoms with E-state index < -0.39 is 0 Å². The van der Waals surface area contributed by atoms with Crippen LogP contribution in [0.2, 0.25) is 0 Å². The summed E-state index contributed by atoms with van der Waals surface area (Å²) >= 11 is 0. The van der Waals surface area contributed by atoms with E-state index in [0.717, 1.165) is 30.0 Å². The molecule has 1 aromatic rings. The van der Waals surface area contributed by atoms with Gasteiger partial charge in [0.2, 0.25) is 0 Å².